The summed E-state index contributed by atoms with van der Waals surface area (Å²) in [6.07, 6.45) is 1.31. The number of carbonyl (C=O) groups is 1. The molecule has 0 bridgehead atoms. The number of benzene rings is 2. The number of nitrogens with zero attached hydrogens (tertiary/aromatic N) is 2. The summed E-state index contributed by atoms with van der Waals surface area (Å²) < 4.78 is 27.5. The molecule has 1 N–H and O–H groups in total. The lowest BCUT2D eigenvalue weighted by atomic mass is 9.78. The minimum absolute atomic E-state index is 0.00302. The molecule has 182 valence electrons. The van der Waals surface area contributed by atoms with Crippen LogP contribution in [0.1, 0.15) is 75.0 Å². The average molecular weight is 483 g/mol. The van der Waals surface area contributed by atoms with Crippen molar-refractivity contribution in [1.82, 2.24) is 4.90 Å². The van der Waals surface area contributed by atoms with Crippen LogP contribution in [-0.4, -0.2) is 38.4 Å². The minimum atomic E-state index is -4.02. The molecule has 0 aliphatic rings. The zero-order valence-electron chi connectivity index (χ0n) is 21.2. The predicted molar refractivity (Wildman–Crippen MR) is 135 cm³/mol. The summed E-state index contributed by atoms with van der Waals surface area (Å²) in [5.74, 6) is -0.0836. The van der Waals surface area contributed by atoms with Gasteiger partial charge in [0.15, 0.2) is 0 Å². The molecule has 2 aromatic rings. The van der Waals surface area contributed by atoms with E-state index in [1.54, 1.807) is 26.2 Å². The van der Waals surface area contributed by atoms with E-state index in [4.69, 9.17) is 0 Å². The van der Waals surface area contributed by atoms with E-state index in [0.717, 1.165) is 0 Å². The van der Waals surface area contributed by atoms with Crippen molar-refractivity contribution in [1.29, 1.82) is 5.26 Å². The largest absolute Gasteiger partial charge is 0.507 e. The Hall–Kier alpha value is -3.11. The van der Waals surface area contributed by atoms with Crippen molar-refractivity contribution < 1.29 is 18.3 Å². The Morgan fingerprint density at radius 2 is 1.44 bits per heavy atom. The van der Waals surface area contributed by atoms with Crippen molar-refractivity contribution in [3.05, 3.63) is 64.7 Å². The minimum Gasteiger partial charge on any atom is -0.507 e. The Morgan fingerprint density at radius 1 is 0.971 bits per heavy atom. The maximum atomic E-state index is 13.7. The fraction of sp³-hybridized carbons (Fsp3) is 0.407. The van der Waals surface area contributed by atoms with Gasteiger partial charge in [-0.25, -0.2) is 8.42 Å². The lowest BCUT2D eigenvalue weighted by molar-refractivity contribution is 0.0827. The number of sulfone groups is 1. The molecule has 6 nitrogen and oxygen atoms in total. The summed E-state index contributed by atoms with van der Waals surface area (Å²) in [5.41, 5.74) is 1.15. The summed E-state index contributed by atoms with van der Waals surface area (Å²) in [6, 6.07) is 11.1. The maximum Gasteiger partial charge on any atom is 0.253 e. The van der Waals surface area contributed by atoms with Crippen LogP contribution in [0.5, 0.6) is 5.75 Å². The Morgan fingerprint density at radius 3 is 1.82 bits per heavy atom. The monoisotopic (exact) mass is 482 g/mol. The SMILES string of the molecule is CN(C)C(=O)c1ccc(S(=O)(=O)/C(=C/CC#N)c2cc(C(C)(C)C)c(O)c(C(C)(C)C)c2)cc1. The molecule has 0 aromatic heterocycles. The van der Waals surface area contributed by atoms with Gasteiger partial charge in [-0.3, -0.25) is 4.79 Å². The van der Waals surface area contributed by atoms with Gasteiger partial charge in [-0.05, 0) is 52.8 Å². The highest BCUT2D eigenvalue weighted by atomic mass is 32.2. The van der Waals surface area contributed by atoms with Crippen molar-refractivity contribution >= 4 is 20.6 Å². The molecule has 0 heterocycles. The molecular formula is C27H34N2O4S. The normalized spacial score (nSPS) is 12.9. The molecular weight excluding hydrogens is 448 g/mol. The molecule has 0 fully saturated rings. The second-order valence-electron chi connectivity index (χ2n) is 10.6. The molecule has 0 radical (unpaired) electrons. The Balaban J connectivity index is 2.79. The van der Waals surface area contributed by atoms with Crippen LogP contribution in [0.25, 0.3) is 4.91 Å². The first-order valence-electron chi connectivity index (χ1n) is 11.0. The maximum absolute atomic E-state index is 13.7. The standard InChI is InChI=1S/C27H34N2O4S/c1-26(2,3)21-16-19(17-22(24(21)30)27(4,5)6)23(10-9-15-28)34(32,33)20-13-11-18(12-14-20)25(31)29(7)8/h10-14,16-17,30H,9H2,1-8H3/b23-10+. The predicted octanol–water partition coefficient (Wildman–Crippen LogP) is 5.42. The van der Waals surface area contributed by atoms with Crippen LogP contribution in [0.3, 0.4) is 0 Å². The highest BCUT2D eigenvalue weighted by molar-refractivity contribution is 8.00. The fourth-order valence-corrected chi connectivity index (χ4v) is 5.08. The number of rotatable bonds is 5. The zero-order valence-corrected chi connectivity index (χ0v) is 22.0. The molecule has 0 unspecified atom stereocenters. The van der Waals surface area contributed by atoms with Gasteiger partial charge in [-0.1, -0.05) is 47.6 Å². The van der Waals surface area contributed by atoms with Gasteiger partial charge in [0, 0.05) is 30.8 Å². The second-order valence-corrected chi connectivity index (χ2v) is 12.5. The van der Waals surface area contributed by atoms with E-state index < -0.39 is 20.7 Å². The summed E-state index contributed by atoms with van der Waals surface area (Å²) in [4.78, 5) is 13.6. The first-order chi connectivity index (χ1) is 15.5. The van der Waals surface area contributed by atoms with Gasteiger partial charge in [0.1, 0.15) is 5.75 Å². The van der Waals surface area contributed by atoms with Gasteiger partial charge in [0.2, 0.25) is 9.84 Å². The van der Waals surface area contributed by atoms with Crippen LogP contribution in [0.4, 0.5) is 0 Å². The molecule has 7 heteroatoms. The van der Waals surface area contributed by atoms with Gasteiger partial charge >= 0.3 is 0 Å². The zero-order chi connectivity index (χ0) is 26.1. The van der Waals surface area contributed by atoms with Crippen LogP contribution >= 0.6 is 0 Å². The first-order valence-corrected chi connectivity index (χ1v) is 12.5. The lowest BCUT2D eigenvalue weighted by Gasteiger charge is -2.28. The molecule has 1 amide bonds. The van der Waals surface area contributed by atoms with Gasteiger partial charge in [0.25, 0.3) is 5.91 Å². The van der Waals surface area contributed by atoms with E-state index in [9.17, 15) is 23.6 Å². The third-order valence-corrected chi connectivity index (χ3v) is 7.37. The van der Waals surface area contributed by atoms with E-state index in [2.05, 4.69) is 0 Å². The van der Waals surface area contributed by atoms with E-state index in [-0.39, 0.29) is 27.9 Å². The highest BCUT2D eigenvalue weighted by Crippen LogP contribution is 2.42. The van der Waals surface area contributed by atoms with Gasteiger partial charge < -0.3 is 10.0 Å². The lowest BCUT2D eigenvalue weighted by Crippen LogP contribution is -2.21. The number of hydrogen-bond acceptors (Lipinski definition) is 5. The Labute approximate surface area is 203 Å². The average Bonchev–Trinajstić information content (AvgIpc) is 2.72. The number of phenols is 1. The molecule has 0 aliphatic carbocycles. The number of amides is 1. The van der Waals surface area contributed by atoms with Gasteiger partial charge in [0.05, 0.1) is 22.3 Å². The molecule has 0 spiro atoms. The molecule has 2 rings (SSSR count). The summed E-state index contributed by atoms with van der Waals surface area (Å²) in [6.45, 7) is 11.7. The molecule has 0 saturated heterocycles. The summed E-state index contributed by atoms with van der Waals surface area (Å²) >= 11 is 0. The second kappa shape index (κ2) is 9.63. The molecule has 0 atom stereocenters. The van der Waals surface area contributed by atoms with Crippen molar-refractivity contribution in [3.8, 4) is 11.8 Å². The topological polar surface area (TPSA) is 98.5 Å². The molecule has 0 saturated carbocycles. The quantitative estimate of drug-likeness (QED) is 0.614. The van der Waals surface area contributed by atoms with Crippen LogP contribution in [0, 0.1) is 11.3 Å². The smallest absolute Gasteiger partial charge is 0.253 e. The van der Waals surface area contributed by atoms with Crippen LogP contribution < -0.4 is 0 Å². The Kier molecular flexibility index (Phi) is 7.69. The van der Waals surface area contributed by atoms with Crippen LogP contribution in [0.15, 0.2) is 47.4 Å². The Bertz CT molecular complexity index is 1220. The van der Waals surface area contributed by atoms with Crippen LogP contribution in [0.2, 0.25) is 0 Å². The van der Waals surface area contributed by atoms with Crippen molar-refractivity contribution in [2.24, 2.45) is 0 Å². The molecule has 2 aromatic carbocycles. The van der Waals surface area contributed by atoms with Crippen molar-refractivity contribution in [2.45, 2.75) is 63.7 Å². The number of aromatic hydroxyl groups is 1. The summed E-state index contributed by atoms with van der Waals surface area (Å²) in [5, 5.41) is 20.2. The van der Waals surface area contributed by atoms with Crippen LogP contribution in [-0.2, 0) is 20.7 Å². The number of allylic oxidation sites excluding steroid dienone is 1. The van der Waals surface area contributed by atoms with E-state index in [1.165, 1.54) is 35.2 Å². The first kappa shape index (κ1) is 27.1. The summed E-state index contributed by atoms with van der Waals surface area (Å²) in [7, 11) is -0.773. The number of nitriles is 1. The number of carbonyl (C=O) groups excluding carboxylic acids is 1. The van der Waals surface area contributed by atoms with Gasteiger partial charge in [-0.15, -0.1) is 0 Å². The fourth-order valence-electron chi connectivity index (χ4n) is 3.60. The third kappa shape index (κ3) is 5.68. The number of phenolic OH excluding ortho intramolecular Hbond substituents is 1. The highest BCUT2D eigenvalue weighted by Gasteiger charge is 2.30. The van der Waals surface area contributed by atoms with Gasteiger partial charge in [-0.2, -0.15) is 5.26 Å². The van der Waals surface area contributed by atoms with Crippen molar-refractivity contribution in [2.75, 3.05) is 14.1 Å². The van der Waals surface area contributed by atoms with Crippen molar-refractivity contribution in [3.63, 3.8) is 0 Å². The van der Waals surface area contributed by atoms with E-state index in [1.807, 2.05) is 47.6 Å². The van der Waals surface area contributed by atoms with E-state index >= 15 is 0 Å². The molecule has 0 aliphatic heterocycles. The molecule has 34 heavy (non-hydrogen) atoms. The third-order valence-electron chi connectivity index (χ3n) is 5.50. The number of hydrogen-bond donors (Lipinski definition) is 1. The van der Waals surface area contributed by atoms with E-state index in [0.29, 0.717) is 22.3 Å².